The molecule has 1 N–H and O–H groups in total. The predicted molar refractivity (Wildman–Crippen MR) is 176 cm³/mol. The zero-order chi connectivity index (χ0) is 33.8. The van der Waals surface area contributed by atoms with Crippen molar-refractivity contribution in [3.8, 4) is 5.75 Å². The van der Waals surface area contributed by atoms with Gasteiger partial charge in [-0.25, -0.2) is 23.4 Å². The van der Waals surface area contributed by atoms with Gasteiger partial charge in [0, 0.05) is 75.7 Å². The van der Waals surface area contributed by atoms with Crippen LogP contribution in [0.4, 0.5) is 8.78 Å². The van der Waals surface area contributed by atoms with Crippen LogP contribution in [0, 0.1) is 19.8 Å². The number of nitrogens with zero attached hydrogens (tertiary/aromatic N) is 4. The minimum Gasteiger partial charge on any atom is -0.491 e. The number of thiophene rings is 1. The number of aromatic nitrogens is 2. The maximum absolute atomic E-state index is 13.7. The summed E-state index contributed by atoms with van der Waals surface area (Å²) in [5.74, 6) is -0.759. The van der Waals surface area contributed by atoms with E-state index in [1.165, 1.54) is 11.3 Å². The van der Waals surface area contributed by atoms with Crippen molar-refractivity contribution in [1.82, 2.24) is 19.4 Å². The van der Waals surface area contributed by atoms with Crippen molar-refractivity contribution in [1.29, 1.82) is 0 Å². The second-order valence-electron chi connectivity index (χ2n) is 12.6. The summed E-state index contributed by atoms with van der Waals surface area (Å²) in [4.78, 5) is 47.4. The first kappa shape index (κ1) is 33.1. The number of aromatic carboxylic acids is 1. The lowest BCUT2D eigenvalue weighted by molar-refractivity contribution is -0.117. The Morgan fingerprint density at radius 1 is 1.30 bits per heavy atom. The van der Waals surface area contributed by atoms with Crippen LogP contribution in [-0.2, 0) is 24.2 Å². The van der Waals surface area contributed by atoms with Gasteiger partial charge in [-0.15, -0.1) is 11.3 Å². The minimum absolute atomic E-state index is 0.0259. The van der Waals surface area contributed by atoms with Crippen LogP contribution in [-0.4, -0.2) is 75.6 Å². The highest BCUT2D eigenvalue weighted by Crippen LogP contribution is 2.46. The first-order valence-corrected chi connectivity index (χ1v) is 16.6. The molecule has 0 saturated heterocycles. The number of carboxylic acids is 1. The molecule has 3 aliphatic rings. The molecule has 1 atom stereocenters. The fourth-order valence-electron chi connectivity index (χ4n) is 7.03. The monoisotopic (exact) mass is 684 g/mol. The Hall–Kier alpha value is -3.83. The van der Waals surface area contributed by atoms with Crippen LogP contribution in [0.3, 0.4) is 0 Å². The van der Waals surface area contributed by atoms with Crippen molar-refractivity contribution >= 4 is 46.1 Å². The number of carbonyl (C=O) groups excluding carboxylic acids is 1. The standard InChI is InChI=1S/C34H35ClF2N4O5S/c1-18-29(33(44)45)30-27(17-42)40(4)16-25(31(30)47-18)23-11-21(35)5-8-28(23)46-10-9-41-19(2)38-26-7-6-22(12-24(26)32(41)43)39(3)15-20-13-34(36,37)14-20/h5,8,11,16,20,22H,6-7,9-10,12-15H2,1-4H3,(H,44,45)/t22-/m1/s1. The number of ether oxygens (including phenoxy) is 1. The van der Waals surface area contributed by atoms with Crippen LogP contribution in [0.15, 0.2) is 29.2 Å². The van der Waals surface area contributed by atoms with Gasteiger partial charge in [-0.05, 0) is 64.3 Å². The number of hydrogen-bond donors (Lipinski definition) is 1. The highest BCUT2D eigenvalue weighted by molar-refractivity contribution is 7.14. The molecule has 3 heterocycles. The molecule has 0 unspecified atom stereocenters. The maximum Gasteiger partial charge on any atom is 0.337 e. The highest BCUT2D eigenvalue weighted by Gasteiger charge is 2.45. The Kier molecular flexibility index (Phi) is 8.90. The number of carboxylic acid groups (broad SMARTS) is 1. The lowest BCUT2D eigenvalue weighted by Crippen LogP contribution is -2.47. The third-order valence-corrected chi connectivity index (χ3v) is 10.8. The number of benzene rings is 1. The van der Waals surface area contributed by atoms with Gasteiger partial charge in [0.05, 0.1) is 17.8 Å². The smallest absolute Gasteiger partial charge is 0.337 e. The largest absolute Gasteiger partial charge is 0.491 e. The van der Waals surface area contributed by atoms with E-state index in [0.717, 1.165) is 12.1 Å². The molecule has 0 bridgehead atoms. The Morgan fingerprint density at radius 3 is 2.72 bits per heavy atom. The van der Waals surface area contributed by atoms with E-state index in [0.29, 0.717) is 68.0 Å². The molecule has 0 radical (unpaired) electrons. The topological polar surface area (TPSA) is 105 Å². The molecule has 3 aromatic rings. The molecule has 1 fully saturated rings. The first-order valence-electron chi connectivity index (χ1n) is 15.4. The summed E-state index contributed by atoms with van der Waals surface area (Å²) < 4.78 is 34.6. The van der Waals surface area contributed by atoms with E-state index in [1.54, 1.807) is 54.8 Å². The van der Waals surface area contributed by atoms with Gasteiger partial charge in [-0.3, -0.25) is 9.36 Å². The van der Waals surface area contributed by atoms with Gasteiger partial charge in [0.2, 0.25) is 5.92 Å². The van der Waals surface area contributed by atoms with Crippen molar-refractivity contribution in [2.45, 2.75) is 64.5 Å². The van der Waals surface area contributed by atoms with Gasteiger partial charge in [0.15, 0.2) is 5.94 Å². The third-order valence-electron chi connectivity index (χ3n) is 9.39. The van der Waals surface area contributed by atoms with Crippen molar-refractivity contribution in [3.05, 3.63) is 83.3 Å². The molecule has 2 aromatic heterocycles. The van der Waals surface area contributed by atoms with E-state index in [1.807, 2.05) is 13.0 Å². The van der Waals surface area contributed by atoms with Crippen LogP contribution in [0.2, 0.25) is 5.02 Å². The Labute approximate surface area is 279 Å². The van der Waals surface area contributed by atoms with Crippen molar-refractivity contribution in [2.75, 3.05) is 27.2 Å². The number of hydrogen-bond acceptors (Lipinski definition) is 8. The summed E-state index contributed by atoms with van der Waals surface area (Å²) >= 11 is 7.69. The van der Waals surface area contributed by atoms with Crippen LogP contribution in [0.25, 0.3) is 11.3 Å². The first-order chi connectivity index (χ1) is 22.3. The average molecular weight is 685 g/mol. The van der Waals surface area contributed by atoms with E-state index >= 15 is 0 Å². The number of rotatable bonds is 9. The van der Waals surface area contributed by atoms with Crippen molar-refractivity contribution < 1.29 is 28.2 Å². The van der Waals surface area contributed by atoms with Crippen LogP contribution in [0.5, 0.6) is 5.75 Å². The summed E-state index contributed by atoms with van der Waals surface area (Å²) in [6, 6.07) is 5.22. The molecule has 1 saturated carbocycles. The van der Waals surface area contributed by atoms with Gasteiger partial charge in [-0.1, -0.05) is 11.6 Å². The normalized spacial score (nSPS) is 18.7. The highest BCUT2D eigenvalue weighted by atomic mass is 35.5. The maximum atomic E-state index is 13.7. The van der Waals surface area contributed by atoms with Crippen molar-refractivity contribution in [2.24, 2.45) is 5.92 Å². The number of aryl methyl sites for hydroxylation is 3. The number of carbonyl (C=O) groups is 1. The molecule has 1 aromatic carbocycles. The molecule has 13 heteroatoms. The molecule has 0 spiro atoms. The van der Waals surface area contributed by atoms with Crippen molar-refractivity contribution in [3.63, 3.8) is 0 Å². The molecule has 2 aliphatic carbocycles. The van der Waals surface area contributed by atoms with Gasteiger partial charge < -0.3 is 19.6 Å². The quantitative estimate of drug-likeness (QED) is 0.287. The summed E-state index contributed by atoms with van der Waals surface area (Å²) in [5, 5.41) is 10.4. The van der Waals surface area contributed by atoms with E-state index < -0.39 is 11.9 Å². The fraction of sp³-hybridized carbons (Fsp3) is 0.441. The van der Waals surface area contributed by atoms with E-state index in [4.69, 9.17) is 21.3 Å². The van der Waals surface area contributed by atoms with Gasteiger partial charge >= 0.3 is 5.97 Å². The minimum atomic E-state index is -2.55. The zero-order valence-electron chi connectivity index (χ0n) is 26.5. The zero-order valence-corrected chi connectivity index (χ0v) is 28.1. The lowest BCUT2D eigenvalue weighted by atomic mass is 9.80. The molecular formula is C34H35ClF2N4O5S. The molecule has 248 valence electrons. The molecule has 6 rings (SSSR count). The van der Waals surface area contributed by atoms with Crippen LogP contribution in [0.1, 0.15) is 67.6 Å². The Balaban J connectivity index is 1.23. The molecule has 9 nitrogen and oxygen atoms in total. The van der Waals surface area contributed by atoms with Gasteiger partial charge in [0.25, 0.3) is 5.56 Å². The number of halogens is 3. The SMILES string of the molecule is Cc1sc2c(c1C(=O)O)C(=C=O)N(C)C=C2c1cc(Cl)ccc1OCCn1c(C)nc2c(c1=O)C[C@H](N(C)CC1CC(F)(F)C1)CC2. The molecule has 0 amide bonds. The predicted octanol–water partition coefficient (Wildman–Crippen LogP) is 5.69. The van der Waals surface area contributed by atoms with E-state index in [-0.39, 0.29) is 54.8 Å². The van der Waals surface area contributed by atoms with Crippen LogP contribution < -0.4 is 10.3 Å². The van der Waals surface area contributed by atoms with Gasteiger partial charge in [-0.2, -0.15) is 0 Å². The summed E-state index contributed by atoms with van der Waals surface area (Å²) in [5.41, 5.74) is 3.07. The van der Waals surface area contributed by atoms with Crippen LogP contribution >= 0.6 is 22.9 Å². The molecule has 47 heavy (non-hydrogen) atoms. The van der Waals surface area contributed by atoms with E-state index in [2.05, 4.69) is 4.90 Å². The van der Waals surface area contributed by atoms with Gasteiger partial charge in [0.1, 0.15) is 23.9 Å². The second-order valence-corrected chi connectivity index (χ2v) is 14.3. The number of fused-ring (bicyclic) bond motifs is 2. The number of likely N-dealkylation sites (N-methyl/N-ethyl adjacent to an activating group) is 1. The lowest BCUT2D eigenvalue weighted by Gasteiger charge is -2.40. The molecular weight excluding hydrogens is 650 g/mol. The second kappa shape index (κ2) is 12.6. The summed E-state index contributed by atoms with van der Waals surface area (Å²) in [7, 11) is 3.60. The Bertz CT molecular complexity index is 1910. The number of alkyl halides is 2. The summed E-state index contributed by atoms with van der Waals surface area (Å²) in [6.07, 6.45) is 3.57. The average Bonchev–Trinajstić information content (AvgIpc) is 3.34. The fourth-order valence-corrected chi connectivity index (χ4v) is 8.37. The summed E-state index contributed by atoms with van der Waals surface area (Å²) in [6.45, 7) is 4.45. The van der Waals surface area contributed by atoms with E-state index in [9.17, 15) is 28.3 Å². The molecule has 1 aliphatic heterocycles. The third kappa shape index (κ3) is 6.27. The Morgan fingerprint density at radius 2 is 2.04 bits per heavy atom.